The van der Waals surface area contributed by atoms with Crippen molar-refractivity contribution in [1.29, 1.82) is 0 Å². The monoisotopic (exact) mass is 306 g/mol. The summed E-state index contributed by atoms with van der Waals surface area (Å²) in [5.41, 5.74) is 0.158. The Balaban J connectivity index is 1.75. The van der Waals surface area contributed by atoms with Gasteiger partial charge in [-0.15, -0.1) is 0 Å². The fraction of sp³-hybridized carbons (Fsp3) is 0.500. The molecule has 22 heavy (non-hydrogen) atoms. The summed E-state index contributed by atoms with van der Waals surface area (Å²) >= 11 is 0. The highest BCUT2D eigenvalue weighted by molar-refractivity contribution is 5.90. The zero-order valence-electron chi connectivity index (χ0n) is 12.4. The number of carbonyl (C=O) groups excluding carboxylic acids is 1. The third-order valence-corrected chi connectivity index (χ3v) is 4.95. The molecule has 1 saturated heterocycles. The van der Waals surface area contributed by atoms with E-state index in [4.69, 9.17) is 0 Å². The van der Waals surface area contributed by atoms with Crippen LogP contribution in [-0.2, 0) is 4.79 Å². The Kier molecular flexibility index (Phi) is 3.54. The van der Waals surface area contributed by atoms with Crippen LogP contribution < -0.4 is 5.32 Å². The summed E-state index contributed by atoms with van der Waals surface area (Å²) in [4.78, 5) is 25.4. The second kappa shape index (κ2) is 5.26. The quantitative estimate of drug-likeness (QED) is 0.882. The largest absolute Gasteiger partial charge is 0.481 e. The van der Waals surface area contributed by atoms with Crippen LogP contribution in [0.15, 0.2) is 18.2 Å². The molecule has 2 aliphatic rings. The molecule has 0 unspecified atom stereocenters. The summed E-state index contributed by atoms with van der Waals surface area (Å²) in [6, 6.07) is 4.07. The molecule has 2 fully saturated rings. The molecule has 1 aromatic carbocycles. The molecule has 2 amide bonds. The van der Waals surface area contributed by atoms with E-state index in [1.807, 2.05) is 6.92 Å². The smallest absolute Gasteiger partial charge is 0.321 e. The molecule has 3 rings (SSSR count). The first-order valence-electron chi connectivity index (χ1n) is 7.48. The highest BCUT2D eigenvalue weighted by atomic mass is 19.1. The van der Waals surface area contributed by atoms with Crippen molar-refractivity contribution in [2.45, 2.75) is 26.2 Å². The lowest BCUT2D eigenvalue weighted by Crippen LogP contribution is -2.38. The lowest BCUT2D eigenvalue weighted by molar-refractivity contribution is -0.149. The number of nitrogens with zero attached hydrogens (tertiary/aromatic N) is 1. The SMILES string of the molecule is Cc1ccc(F)c(NC(=O)N2C[C@@H]3CCC[C@@]3(C(=O)O)C2)c1. The minimum atomic E-state index is -0.827. The van der Waals surface area contributed by atoms with Gasteiger partial charge >= 0.3 is 12.0 Å². The summed E-state index contributed by atoms with van der Waals surface area (Å²) in [5.74, 6) is -1.32. The Bertz CT molecular complexity index is 634. The van der Waals surface area contributed by atoms with Crippen molar-refractivity contribution in [3.63, 3.8) is 0 Å². The topological polar surface area (TPSA) is 69.6 Å². The van der Waals surface area contributed by atoms with Gasteiger partial charge in [-0.2, -0.15) is 0 Å². The van der Waals surface area contributed by atoms with E-state index in [2.05, 4.69) is 5.32 Å². The summed E-state index contributed by atoms with van der Waals surface area (Å²) in [6.45, 7) is 2.44. The summed E-state index contributed by atoms with van der Waals surface area (Å²) in [6.07, 6.45) is 2.32. The number of urea groups is 1. The van der Waals surface area contributed by atoms with Crippen LogP contribution in [0.3, 0.4) is 0 Å². The number of likely N-dealkylation sites (tertiary alicyclic amines) is 1. The summed E-state index contributed by atoms with van der Waals surface area (Å²) in [7, 11) is 0. The van der Waals surface area contributed by atoms with Crippen LogP contribution >= 0.6 is 0 Å². The van der Waals surface area contributed by atoms with Gasteiger partial charge in [0, 0.05) is 13.1 Å². The standard InChI is InChI=1S/C16H19FN2O3/c1-10-4-5-12(17)13(7-10)18-15(22)19-8-11-3-2-6-16(11,9-19)14(20)21/h4-5,7,11H,2-3,6,8-9H2,1H3,(H,18,22)(H,20,21)/t11-,16+/m0/s1. The Morgan fingerprint density at radius 3 is 2.91 bits per heavy atom. The fourth-order valence-electron chi connectivity index (χ4n) is 3.72. The maximum atomic E-state index is 13.7. The van der Waals surface area contributed by atoms with Crippen molar-refractivity contribution in [2.24, 2.45) is 11.3 Å². The second-order valence-electron chi connectivity index (χ2n) is 6.34. The molecular formula is C16H19FN2O3. The van der Waals surface area contributed by atoms with Crippen LogP contribution in [0, 0.1) is 24.1 Å². The van der Waals surface area contributed by atoms with Crippen LogP contribution in [0.5, 0.6) is 0 Å². The molecule has 1 aliphatic heterocycles. The lowest BCUT2D eigenvalue weighted by atomic mass is 9.81. The number of benzene rings is 1. The Hall–Kier alpha value is -2.11. The number of fused-ring (bicyclic) bond motifs is 1. The van der Waals surface area contributed by atoms with Gasteiger partial charge in [-0.3, -0.25) is 4.79 Å². The Labute approximate surface area is 128 Å². The van der Waals surface area contributed by atoms with E-state index in [9.17, 15) is 19.1 Å². The van der Waals surface area contributed by atoms with Crippen LogP contribution in [-0.4, -0.2) is 35.1 Å². The van der Waals surface area contributed by atoms with E-state index in [1.54, 1.807) is 12.1 Å². The molecule has 2 N–H and O–H groups in total. The number of hydrogen-bond acceptors (Lipinski definition) is 2. The third-order valence-electron chi connectivity index (χ3n) is 4.95. The van der Waals surface area contributed by atoms with Crippen LogP contribution in [0.4, 0.5) is 14.9 Å². The van der Waals surface area contributed by atoms with Crippen molar-refractivity contribution in [3.8, 4) is 0 Å². The van der Waals surface area contributed by atoms with Crippen LogP contribution in [0.2, 0.25) is 0 Å². The molecule has 6 heteroatoms. The Morgan fingerprint density at radius 2 is 2.23 bits per heavy atom. The molecule has 0 aromatic heterocycles. The highest BCUT2D eigenvalue weighted by Crippen LogP contribution is 2.48. The number of carboxylic acids is 1. The molecule has 0 bridgehead atoms. The maximum Gasteiger partial charge on any atom is 0.321 e. The molecular weight excluding hydrogens is 287 g/mol. The first-order chi connectivity index (χ1) is 10.4. The van der Waals surface area contributed by atoms with Gasteiger partial charge in [-0.1, -0.05) is 12.5 Å². The lowest BCUT2D eigenvalue weighted by Gasteiger charge is -2.23. The number of amides is 2. The predicted octanol–water partition coefficient (Wildman–Crippen LogP) is 2.85. The van der Waals surface area contributed by atoms with E-state index in [-0.39, 0.29) is 18.2 Å². The van der Waals surface area contributed by atoms with E-state index in [1.165, 1.54) is 11.0 Å². The van der Waals surface area contributed by atoms with Crippen molar-refractivity contribution < 1.29 is 19.1 Å². The second-order valence-corrected chi connectivity index (χ2v) is 6.34. The zero-order valence-corrected chi connectivity index (χ0v) is 12.4. The number of hydrogen-bond donors (Lipinski definition) is 2. The molecule has 118 valence electrons. The van der Waals surface area contributed by atoms with Crippen molar-refractivity contribution in [2.75, 3.05) is 18.4 Å². The fourth-order valence-corrected chi connectivity index (χ4v) is 3.72. The van der Waals surface area contributed by atoms with Gasteiger partial charge in [0.25, 0.3) is 0 Å². The van der Waals surface area contributed by atoms with Crippen molar-refractivity contribution in [3.05, 3.63) is 29.6 Å². The molecule has 1 heterocycles. The van der Waals surface area contributed by atoms with Gasteiger partial charge < -0.3 is 15.3 Å². The van der Waals surface area contributed by atoms with Gasteiger partial charge in [0.1, 0.15) is 5.82 Å². The van der Waals surface area contributed by atoms with Gasteiger partial charge in [0.15, 0.2) is 0 Å². The zero-order chi connectivity index (χ0) is 15.9. The molecule has 5 nitrogen and oxygen atoms in total. The van der Waals surface area contributed by atoms with Crippen molar-refractivity contribution in [1.82, 2.24) is 4.90 Å². The van der Waals surface area contributed by atoms with Gasteiger partial charge in [-0.05, 0) is 43.4 Å². The van der Waals surface area contributed by atoms with Gasteiger partial charge in [-0.25, -0.2) is 9.18 Å². The number of halogens is 1. The Morgan fingerprint density at radius 1 is 1.45 bits per heavy atom. The molecule has 0 spiro atoms. The highest BCUT2D eigenvalue weighted by Gasteiger charge is 2.55. The first kappa shape index (κ1) is 14.8. The maximum absolute atomic E-state index is 13.7. The summed E-state index contributed by atoms with van der Waals surface area (Å²) in [5, 5.41) is 12.1. The van der Waals surface area contributed by atoms with E-state index in [0.29, 0.717) is 13.0 Å². The number of anilines is 1. The van der Waals surface area contributed by atoms with E-state index < -0.39 is 23.2 Å². The summed E-state index contributed by atoms with van der Waals surface area (Å²) < 4.78 is 13.7. The number of rotatable bonds is 2. The molecule has 1 aromatic rings. The van der Waals surface area contributed by atoms with E-state index >= 15 is 0 Å². The normalized spacial score (nSPS) is 26.8. The average molecular weight is 306 g/mol. The van der Waals surface area contributed by atoms with E-state index in [0.717, 1.165) is 18.4 Å². The molecule has 1 saturated carbocycles. The minimum absolute atomic E-state index is 0.00175. The molecule has 2 atom stereocenters. The first-order valence-corrected chi connectivity index (χ1v) is 7.48. The van der Waals surface area contributed by atoms with Crippen LogP contribution in [0.25, 0.3) is 0 Å². The van der Waals surface area contributed by atoms with Gasteiger partial charge in [0.05, 0.1) is 11.1 Å². The average Bonchev–Trinajstić information content (AvgIpc) is 3.00. The number of carbonyl (C=O) groups is 2. The number of nitrogens with one attached hydrogen (secondary N) is 1. The molecule has 0 radical (unpaired) electrons. The number of aryl methyl sites for hydroxylation is 1. The minimum Gasteiger partial charge on any atom is -0.481 e. The predicted molar refractivity (Wildman–Crippen MR) is 79.1 cm³/mol. The number of aliphatic carboxylic acids is 1. The van der Waals surface area contributed by atoms with Crippen molar-refractivity contribution >= 4 is 17.7 Å². The molecule has 1 aliphatic carbocycles. The number of carboxylic acid groups (broad SMARTS) is 1. The van der Waals surface area contributed by atoms with Crippen LogP contribution in [0.1, 0.15) is 24.8 Å². The van der Waals surface area contributed by atoms with Gasteiger partial charge in [0.2, 0.25) is 0 Å². The third kappa shape index (κ3) is 2.32.